The van der Waals surface area contributed by atoms with Gasteiger partial charge in [-0.3, -0.25) is 9.69 Å². The van der Waals surface area contributed by atoms with E-state index in [1.165, 1.54) is 0 Å². The van der Waals surface area contributed by atoms with Crippen LogP contribution in [-0.4, -0.2) is 54.4 Å². The zero-order valence-electron chi connectivity index (χ0n) is 11.3. The highest BCUT2D eigenvalue weighted by atomic mass is 16.5. The Morgan fingerprint density at radius 1 is 1.29 bits per heavy atom. The van der Waals surface area contributed by atoms with Crippen LogP contribution in [0.1, 0.15) is 27.7 Å². The lowest BCUT2D eigenvalue weighted by Crippen LogP contribution is -2.42. The van der Waals surface area contributed by atoms with Crippen molar-refractivity contribution < 1.29 is 14.6 Å². The first-order valence-electron chi connectivity index (χ1n) is 6.11. The van der Waals surface area contributed by atoms with Crippen LogP contribution in [0, 0.1) is 5.92 Å². The Bertz CT molecular complexity index is 220. The molecule has 1 amide bonds. The molecule has 102 valence electrons. The molecule has 1 unspecified atom stereocenters. The van der Waals surface area contributed by atoms with Gasteiger partial charge in [0.2, 0.25) is 5.91 Å². The molecule has 0 saturated heterocycles. The molecule has 0 fully saturated rings. The van der Waals surface area contributed by atoms with E-state index in [1.54, 1.807) is 0 Å². The van der Waals surface area contributed by atoms with Crippen LogP contribution < -0.4 is 5.73 Å². The van der Waals surface area contributed by atoms with E-state index in [2.05, 4.69) is 13.8 Å². The van der Waals surface area contributed by atoms with Crippen molar-refractivity contribution in [2.75, 3.05) is 26.2 Å². The van der Waals surface area contributed by atoms with Crippen LogP contribution in [0.25, 0.3) is 0 Å². The van der Waals surface area contributed by atoms with Crippen LogP contribution in [0.5, 0.6) is 0 Å². The van der Waals surface area contributed by atoms with E-state index in [1.807, 2.05) is 18.7 Å². The zero-order valence-corrected chi connectivity index (χ0v) is 11.3. The number of aliphatic hydroxyl groups is 1. The minimum Gasteiger partial charge on any atom is -0.389 e. The molecule has 3 N–H and O–H groups in total. The zero-order chi connectivity index (χ0) is 13.4. The summed E-state index contributed by atoms with van der Waals surface area (Å²) < 4.78 is 5.32. The van der Waals surface area contributed by atoms with Gasteiger partial charge in [-0.2, -0.15) is 0 Å². The summed E-state index contributed by atoms with van der Waals surface area (Å²) in [6.07, 6.45) is -0.491. The Labute approximate surface area is 104 Å². The van der Waals surface area contributed by atoms with Crippen LogP contribution >= 0.6 is 0 Å². The number of aliphatic hydroxyl groups excluding tert-OH is 1. The second-order valence-corrected chi connectivity index (χ2v) is 5.09. The molecule has 0 bridgehead atoms. The third-order valence-electron chi connectivity index (χ3n) is 2.09. The third-order valence-corrected chi connectivity index (χ3v) is 2.09. The number of hydrogen-bond donors (Lipinski definition) is 2. The van der Waals surface area contributed by atoms with Crippen LogP contribution in [0.15, 0.2) is 0 Å². The number of rotatable bonds is 9. The van der Waals surface area contributed by atoms with E-state index in [0.717, 1.165) is 6.54 Å². The molecule has 0 aromatic carbocycles. The molecule has 0 heterocycles. The van der Waals surface area contributed by atoms with E-state index < -0.39 is 6.10 Å². The molecule has 0 aromatic heterocycles. The molecule has 17 heavy (non-hydrogen) atoms. The molecular formula is C12H26N2O3. The summed E-state index contributed by atoms with van der Waals surface area (Å²) in [4.78, 5) is 12.8. The molecule has 0 aromatic rings. The number of nitrogens with two attached hydrogens (primary N) is 1. The van der Waals surface area contributed by atoms with Gasteiger partial charge < -0.3 is 15.6 Å². The van der Waals surface area contributed by atoms with Crippen molar-refractivity contribution in [3.8, 4) is 0 Å². The summed E-state index contributed by atoms with van der Waals surface area (Å²) in [5.41, 5.74) is 5.17. The number of carbonyl (C=O) groups is 1. The monoisotopic (exact) mass is 246 g/mol. The van der Waals surface area contributed by atoms with E-state index in [0.29, 0.717) is 12.5 Å². The number of primary amides is 1. The average molecular weight is 246 g/mol. The van der Waals surface area contributed by atoms with Gasteiger partial charge in [0.25, 0.3) is 0 Å². The van der Waals surface area contributed by atoms with Gasteiger partial charge in [-0.1, -0.05) is 13.8 Å². The van der Waals surface area contributed by atoms with Gasteiger partial charge in [0.15, 0.2) is 0 Å². The lowest BCUT2D eigenvalue weighted by molar-refractivity contribution is -0.119. The molecule has 5 nitrogen and oxygen atoms in total. The molecule has 0 rings (SSSR count). The fourth-order valence-electron chi connectivity index (χ4n) is 1.59. The average Bonchev–Trinajstić information content (AvgIpc) is 2.12. The second kappa shape index (κ2) is 8.44. The van der Waals surface area contributed by atoms with Crippen LogP contribution in [0.3, 0.4) is 0 Å². The summed E-state index contributed by atoms with van der Waals surface area (Å²) in [6, 6.07) is 0. The lowest BCUT2D eigenvalue weighted by atomic mass is 10.2. The minimum absolute atomic E-state index is 0.0966. The topological polar surface area (TPSA) is 75.8 Å². The summed E-state index contributed by atoms with van der Waals surface area (Å²) in [6.45, 7) is 9.57. The van der Waals surface area contributed by atoms with Crippen molar-refractivity contribution in [2.45, 2.75) is 39.9 Å². The van der Waals surface area contributed by atoms with Gasteiger partial charge in [-0.05, 0) is 19.8 Å². The fourth-order valence-corrected chi connectivity index (χ4v) is 1.59. The Kier molecular flexibility index (Phi) is 8.12. The van der Waals surface area contributed by atoms with Crippen LogP contribution in [0.2, 0.25) is 0 Å². The van der Waals surface area contributed by atoms with Gasteiger partial charge in [-0.15, -0.1) is 0 Å². The quantitative estimate of drug-likeness (QED) is 0.610. The molecule has 0 spiro atoms. The first-order chi connectivity index (χ1) is 7.81. The lowest BCUT2D eigenvalue weighted by Gasteiger charge is -2.25. The SMILES string of the molecule is CC(C)CN(CC(N)=O)CC(O)COC(C)C. The number of amides is 1. The van der Waals surface area contributed by atoms with E-state index >= 15 is 0 Å². The van der Waals surface area contributed by atoms with Crippen molar-refractivity contribution >= 4 is 5.91 Å². The summed E-state index contributed by atoms with van der Waals surface area (Å²) in [5, 5.41) is 9.78. The first-order valence-corrected chi connectivity index (χ1v) is 6.11. The van der Waals surface area contributed by atoms with Crippen molar-refractivity contribution in [1.29, 1.82) is 0 Å². The van der Waals surface area contributed by atoms with Gasteiger partial charge in [0, 0.05) is 13.1 Å². The number of ether oxygens (including phenoxy) is 1. The first kappa shape index (κ1) is 16.4. The predicted molar refractivity (Wildman–Crippen MR) is 67.6 cm³/mol. The molecule has 0 saturated carbocycles. The molecule has 1 atom stereocenters. The van der Waals surface area contributed by atoms with Crippen LogP contribution in [0.4, 0.5) is 0 Å². The molecule has 5 heteroatoms. The number of carbonyl (C=O) groups excluding carboxylic acids is 1. The van der Waals surface area contributed by atoms with Gasteiger partial charge in [0.1, 0.15) is 0 Å². The summed E-state index contributed by atoms with van der Waals surface area (Å²) in [5.74, 6) is 0.0511. The summed E-state index contributed by atoms with van der Waals surface area (Å²) in [7, 11) is 0. The maximum atomic E-state index is 10.9. The Balaban J connectivity index is 4.07. The molecule has 0 aliphatic rings. The molecular weight excluding hydrogens is 220 g/mol. The van der Waals surface area contributed by atoms with E-state index in [4.69, 9.17) is 10.5 Å². The predicted octanol–water partition coefficient (Wildman–Crippen LogP) is 0.216. The Morgan fingerprint density at radius 3 is 2.29 bits per heavy atom. The fraction of sp³-hybridized carbons (Fsp3) is 0.917. The second-order valence-electron chi connectivity index (χ2n) is 5.09. The number of hydrogen-bond acceptors (Lipinski definition) is 4. The molecule has 0 aliphatic heterocycles. The Hall–Kier alpha value is -0.650. The van der Waals surface area contributed by atoms with Crippen molar-refractivity contribution in [3.63, 3.8) is 0 Å². The van der Waals surface area contributed by atoms with Crippen molar-refractivity contribution in [3.05, 3.63) is 0 Å². The highest BCUT2D eigenvalue weighted by Crippen LogP contribution is 2.01. The van der Waals surface area contributed by atoms with E-state index in [9.17, 15) is 9.90 Å². The maximum Gasteiger partial charge on any atom is 0.231 e. The standard InChI is InChI=1S/C12H26N2O3/c1-9(2)5-14(7-12(13)16)6-11(15)8-17-10(3)4/h9-11,15H,5-8H2,1-4H3,(H2,13,16). The van der Waals surface area contributed by atoms with Gasteiger partial charge in [0.05, 0.1) is 25.4 Å². The smallest absolute Gasteiger partial charge is 0.231 e. The number of nitrogens with zero attached hydrogens (tertiary/aromatic N) is 1. The van der Waals surface area contributed by atoms with Gasteiger partial charge >= 0.3 is 0 Å². The Morgan fingerprint density at radius 2 is 1.88 bits per heavy atom. The van der Waals surface area contributed by atoms with Gasteiger partial charge in [-0.25, -0.2) is 0 Å². The highest BCUT2D eigenvalue weighted by molar-refractivity contribution is 5.75. The third kappa shape index (κ3) is 10.2. The normalized spacial score (nSPS) is 13.6. The molecule has 0 radical (unpaired) electrons. The van der Waals surface area contributed by atoms with E-state index in [-0.39, 0.29) is 25.2 Å². The van der Waals surface area contributed by atoms with Crippen molar-refractivity contribution in [1.82, 2.24) is 4.90 Å². The van der Waals surface area contributed by atoms with Crippen molar-refractivity contribution in [2.24, 2.45) is 11.7 Å². The maximum absolute atomic E-state index is 10.9. The van der Waals surface area contributed by atoms with Crippen LogP contribution in [-0.2, 0) is 9.53 Å². The summed E-state index contributed by atoms with van der Waals surface area (Å²) >= 11 is 0. The largest absolute Gasteiger partial charge is 0.389 e. The highest BCUT2D eigenvalue weighted by Gasteiger charge is 2.15. The minimum atomic E-state index is -0.588. The molecule has 0 aliphatic carbocycles.